The highest BCUT2D eigenvalue weighted by Gasteiger charge is 2.27. The van der Waals surface area contributed by atoms with Gasteiger partial charge in [0.1, 0.15) is 12.2 Å². The topological polar surface area (TPSA) is 87.5 Å². The van der Waals surface area contributed by atoms with Gasteiger partial charge < -0.3 is 16.0 Å². The van der Waals surface area contributed by atoms with Crippen molar-refractivity contribution in [3.05, 3.63) is 54.4 Å². The third-order valence-corrected chi connectivity index (χ3v) is 4.18. The number of carbonyl (C=O) groups excluding carboxylic acids is 2. The molecule has 1 aromatic carbocycles. The summed E-state index contributed by atoms with van der Waals surface area (Å²) in [6.07, 6.45) is -0.317. The van der Waals surface area contributed by atoms with Crippen molar-refractivity contribution in [1.29, 1.82) is 0 Å². The molecule has 3 aromatic rings. The van der Waals surface area contributed by atoms with Crippen molar-refractivity contribution in [2.45, 2.75) is 19.5 Å². The first-order chi connectivity index (χ1) is 14.3. The Hall–Kier alpha value is -3.56. The van der Waals surface area contributed by atoms with Gasteiger partial charge in [0.25, 0.3) is 5.91 Å². The summed E-state index contributed by atoms with van der Waals surface area (Å²) in [6.45, 7) is 1.13. The molecule has 0 atom stereocenters. The average Bonchev–Trinajstić information content (AvgIpc) is 3.13. The Morgan fingerprint density at radius 1 is 1.13 bits per heavy atom. The van der Waals surface area contributed by atoms with E-state index in [2.05, 4.69) is 15.6 Å². The monoisotopic (exact) mass is 419 g/mol. The van der Waals surface area contributed by atoms with E-state index in [1.54, 1.807) is 58.5 Å². The van der Waals surface area contributed by atoms with Crippen molar-refractivity contribution in [2.75, 3.05) is 18.4 Å². The van der Waals surface area contributed by atoms with E-state index in [9.17, 15) is 22.8 Å². The van der Waals surface area contributed by atoms with E-state index in [0.29, 0.717) is 34.7 Å². The Balaban J connectivity index is 1.78. The number of imidazole rings is 1. The van der Waals surface area contributed by atoms with Gasteiger partial charge >= 0.3 is 12.2 Å². The van der Waals surface area contributed by atoms with Gasteiger partial charge in [-0.15, -0.1) is 0 Å². The molecule has 0 fully saturated rings. The lowest BCUT2D eigenvalue weighted by Crippen LogP contribution is -2.36. The molecule has 7 nitrogen and oxygen atoms in total. The molecule has 3 amide bonds. The van der Waals surface area contributed by atoms with Gasteiger partial charge in [-0.25, -0.2) is 9.78 Å². The van der Waals surface area contributed by atoms with Crippen molar-refractivity contribution < 1.29 is 22.8 Å². The molecule has 0 radical (unpaired) electrons. The first kappa shape index (κ1) is 21.2. The molecule has 2 aromatic heterocycles. The summed E-state index contributed by atoms with van der Waals surface area (Å²) in [4.78, 5) is 28.1. The van der Waals surface area contributed by atoms with E-state index in [1.165, 1.54) is 0 Å². The molecule has 0 spiro atoms. The van der Waals surface area contributed by atoms with Crippen LogP contribution in [0.1, 0.15) is 23.7 Å². The molecule has 30 heavy (non-hydrogen) atoms. The number of nitrogens with zero attached hydrogens (tertiary/aromatic N) is 2. The highest BCUT2D eigenvalue weighted by Crippen LogP contribution is 2.24. The van der Waals surface area contributed by atoms with Crippen molar-refractivity contribution in [3.8, 4) is 11.3 Å². The second kappa shape index (κ2) is 8.85. The minimum atomic E-state index is -4.48. The van der Waals surface area contributed by atoms with Gasteiger partial charge in [-0.3, -0.25) is 9.20 Å². The Morgan fingerprint density at radius 3 is 2.67 bits per heavy atom. The quantitative estimate of drug-likeness (QED) is 0.568. The summed E-state index contributed by atoms with van der Waals surface area (Å²) in [5, 5.41) is 6.94. The molecule has 0 aliphatic carbocycles. The third kappa shape index (κ3) is 5.28. The fourth-order valence-corrected chi connectivity index (χ4v) is 2.79. The first-order valence-electron chi connectivity index (χ1n) is 9.24. The second-order valence-corrected chi connectivity index (χ2v) is 6.55. The molecule has 0 aliphatic rings. The van der Waals surface area contributed by atoms with E-state index in [4.69, 9.17) is 0 Å². The molecule has 0 saturated heterocycles. The Bertz CT molecular complexity index is 1060. The number of aromatic nitrogens is 2. The molecular weight excluding hydrogens is 399 g/mol. The van der Waals surface area contributed by atoms with Gasteiger partial charge in [-0.2, -0.15) is 13.2 Å². The van der Waals surface area contributed by atoms with Crippen LogP contribution in [0.5, 0.6) is 0 Å². The van der Waals surface area contributed by atoms with Crippen LogP contribution in [0.3, 0.4) is 0 Å². The fourth-order valence-electron chi connectivity index (χ4n) is 2.79. The molecule has 3 N–H and O–H groups in total. The zero-order valence-electron chi connectivity index (χ0n) is 16.1. The van der Waals surface area contributed by atoms with E-state index in [-0.39, 0.29) is 5.91 Å². The number of halogens is 3. The van der Waals surface area contributed by atoms with Crippen LogP contribution in [-0.2, 0) is 0 Å². The van der Waals surface area contributed by atoms with Crippen LogP contribution in [0, 0.1) is 0 Å². The number of carbonyl (C=O) groups is 2. The number of urea groups is 1. The number of hydrogen-bond donors (Lipinski definition) is 3. The zero-order valence-corrected chi connectivity index (χ0v) is 16.1. The zero-order chi connectivity index (χ0) is 21.7. The molecule has 0 unspecified atom stereocenters. The van der Waals surface area contributed by atoms with Crippen LogP contribution in [0.15, 0.2) is 48.8 Å². The Labute approximate surface area is 170 Å². The molecule has 0 bridgehead atoms. The number of fused-ring (bicyclic) bond motifs is 1. The van der Waals surface area contributed by atoms with Crippen LogP contribution >= 0.6 is 0 Å². The number of alkyl halides is 3. The Kier molecular flexibility index (Phi) is 6.24. The summed E-state index contributed by atoms with van der Waals surface area (Å²) in [7, 11) is 0. The number of nitrogens with one attached hydrogen (secondary N) is 3. The molecular formula is C20H20F3N5O2. The van der Waals surface area contributed by atoms with Crippen molar-refractivity contribution in [1.82, 2.24) is 20.0 Å². The lowest BCUT2D eigenvalue weighted by atomic mass is 10.1. The predicted molar refractivity (Wildman–Crippen MR) is 106 cm³/mol. The van der Waals surface area contributed by atoms with Crippen LogP contribution in [0.2, 0.25) is 0 Å². The van der Waals surface area contributed by atoms with Gasteiger partial charge in [0.15, 0.2) is 0 Å². The van der Waals surface area contributed by atoms with Crippen LogP contribution in [-0.4, -0.2) is 40.6 Å². The van der Waals surface area contributed by atoms with Gasteiger partial charge in [0.2, 0.25) is 0 Å². The summed E-state index contributed by atoms with van der Waals surface area (Å²) < 4.78 is 38.4. The van der Waals surface area contributed by atoms with Crippen molar-refractivity contribution in [3.63, 3.8) is 0 Å². The molecule has 3 rings (SSSR count). The summed E-state index contributed by atoms with van der Waals surface area (Å²) in [6, 6.07) is 9.03. The van der Waals surface area contributed by atoms with Crippen LogP contribution in [0.25, 0.3) is 16.9 Å². The lowest BCUT2D eigenvalue weighted by molar-refractivity contribution is -0.122. The molecule has 158 valence electrons. The van der Waals surface area contributed by atoms with E-state index in [0.717, 1.165) is 6.42 Å². The summed E-state index contributed by atoms with van der Waals surface area (Å²) >= 11 is 0. The number of hydrogen-bond acceptors (Lipinski definition) is 3. The maximum absolute atomic E-state index is 12.2. The molecule has 10 heteroatoms. The minimum absolute atomic E-state index is 0.181. The number of rotatable bonds is 6. The van der Waals surface area contributed by atoms with Gasteiger partial charge in [0, 0.05) is 29.6 Å². The number of pyridine rings is 1. The number of anilines is 1. The van der Waals surface area contributed by atoms with E-state index in [1.807, 2.05) is 6.92 Å². The Morgan fingerprint density at radius 2 is 1.93 bits per heavy atom. The van der Waals surface area contributed by atoms with E-state index >= 15 is 0 Å². The van der Waals surface area contributed by atoms with Gasteiger partial charge in [0.05, 0.1) is 11.9 Å². The fraction of sp³-hybridized carbons (Fsp3) is 0.250. The summed E-state index contributed by atoms with van der Waals surface area (Å²) in [5.41, 5.74) is 2.78. The highest BCUT2D eigenvalue weighted by atomic mass is 19.4. The standard InChI is InChI=1S/C20H20F3N5O2/c1-2-7-24-18(29)14-6-8-28-16(11-25-17(28)10-14)13-4-3-5-15(9-13)27-19(30)26-12-20(21,22)23/h3-6,8-11H,2,7,12H2,1H3,(H,24,29)(H2,26,27,30). The van der Waals surface area contributed by atoms with Gasteiger partial charge in [-0.1, -0.05) is 19.1 Å². The minimum Gasteiger partial charge on any atom is -0.352 e. The van der Waals surface area contributed by atoms with Gasteiger partial charge in [-0.05, 0) is 30.7 Å². The molecule has 0 saturated carbocycles. The smallest absolute Gasteiger partial charge is 0.352 e. The van der Waals surface area contributed by atoms with Crippen molar-refractivity contribution in [2.24, 2.45) is 0 Å². The average molecular weight is 419 g/mol. The number of amides is 3. The second-order valence-electron chi connectivity index (χ2n) is 6.55. The predicted octanol–water partition coefficient (Wildman–Crippen LogP) is 3.82. The largest absolute Gasteiger partial charge is 0.405 e. The number of benzene rings is 1. The lowest BCUT2D eigenvalue weighted by Gasteiger charge is -2.11. The van der Waals surface area contributed by atoms with Crippen LogP contribution < -0.4 is 16.0 Å². The normalized spacial score (nSPS) is 11.3. The van der Waals surface area contributed by atoms with E-state index < -0.39 is 18.8 Å². The van der Waals surface area contributed by atoms with Crippen LogP contribution in [0.4, 0.5) is 23.7 Å². The first-order valence-corrected chi connectivity index (χ1v) is 9.24. The van der Waals surface area contributed by atoms with Crippen molar-refractivity contribution >= 4 is 23.3 Å². The molecule has 2 heterocycles. The third-order valence-electron chi connectivity index (χ3n) is 4.18. The maximum Gasteiger partial charge on any atom is 0.405 e. The SMILES string of the molecule is CCCNC(=O)c1ccn2c(-c3cccc(NC(=O)NCC(F)(F)F)c3)cnc2c1. The molecule has 0 aliphatic heterocycles. The summed E-state index contributed by atoms with van der Waals surface area (Å²) in [5.74, 6) is -0.181. The maximum atomic E-state index is 12.2. The highest BCUT2D eigenvalue weighted by molar-refractivity contribution is 5.95.